The molecule has 0 spiro atoms. The summed E-state index contributed by atoms with van der Waals surface area (Å²) in [6.07, 6.45) is 5.16. The van der Waals surface area contributed by atoms with Gasteiger partial charge in [-0.1, -0.05) is 24.4 Å². The molecule has 1 aromatic carbocycles. The lowest BCUT2D eigenvalue weighted by molar-refractivity contribution is 0.0532. The lowest BCUT2D eigenvalue weighted by atomic mass is 10.3. The Hall–Kier alpha value is -0.840. The summed E-state index contributed by atoms with van der Waals surface area (Å²) in [5.41, 5.74) is 1.38. The molecule has 1 aliphatic carbocycles. The van der Waals surface area contributed by atoms with Gasteiger partial charge >= 0.3 is 0 Å². The smallest absolute Gasteiger partial charge is 0.144 e. The van der Waals surface area contributed by atoms with Gasteiger partial charge in [0.25, 0.3) is 0 Å². The summed E-state index contributed by atoms with van der Waals surface area (Å²) in [6, 6.07) is 2.95. The summed E-state index contributed by atoms with van der Waals surface area (Å²) in [5, 5.41) is 0.0986. The zero-order valence-corrected chi connectivity index (χ0v) is 13.1. The van der Waals surface area contributed by atoms with Crippen LogP contribution in [0.4, 0.5) is 4.39 Å². The third kappa shape index (κ3) is 3.17. The van der Waals surface area contributed by atoms with Crippen LogP contribution in [0, 0.1) is 5.82 Å². The maximum Gasteiger partial charge on any atom is 0.144 e. The van der Waals surface area contributed by atoms with Crippen LogP contribution < -0.4 is 0 Å². The zero-order valence-electron chi connectivity index (χ0n) is 11.6. The molecule has 1 aliphatic rings. The summed E-state index contributed by atoms with van der Waals surface area (Å²) >= 11 is 11.8. The molecule has 0 amide bonds. The van der Waals surface area contributed by atoms with E-state index < -0.39 is 5.82 Å². The van der Waals surface area contributed by atoms with Gasteiger partial charge in [-0.05, 0) is 18.9 Å². The Bertz CT molecular complexity index is 638. The standard InChI is InChI=1S/C15H17Cl2FN2O/c16-9-15-19-13-8-12(18)11(17)7-14(13)20(15)5-6-21-10-3-1-2-4-10/h7-8,10H,1-6,9H2. The van der Waals surface area contributed by atoms with E-state index in [-0.39, 0.29) is 10.9 Å². The maximum absolute atomic E-state index is 13.5. The monoisotopic (exact) mass is 330 g/mol. The van der Waals surface area contributed by atoms with Gasteiger partial charge in [0.1, 0.15) is 11.6 Å². The van der Waals surface area contributed by atoms with Crippen molar-refractivity contribution in [1.29, 1.82) is 0 Å². The second-order valence-electron chi connectivity index (χ2n) is 5.35. The first-order valence-corrected chi connectivity index (χ1v) is 8.12. The number of imidazole rings is 1. The molecule has 0 radical (unpaired) electrons. The third-order valence-corrected chi connectivity index (χ3v) is 4.49. The molecule has 114 valence electrons. The second kappa shape index (κ2) is 6.51. The predicted molar refractivity (Wildman–Crippen MR) is 82.5 cm³/mol. The molecule has 0 atom stereocenters. The van der Waals surface area contributed by atoms with E-state index >= 15 is 0 Å². The molecule has 6 heteroatoms. The molecule has 1 saturated carbocycles. The molecule has 3 rings (SSSR count). The van der Waals surface area contributed by atoms with Crippen LogP contribution in [-0.2, 0) is 17.2 Å². The summed E-state index contributed by atoms with van der Waals surface area (Å²) in [6.45, 7) is 1.26. The number of aromatic nitrogens is 2. The summed E-state index contributed by atoms with van der Waals surface area (Å²) in [4.78, 5) is 4.36. The van der Waals surface area contributed by atoms with Crippen molar-refractivity contribution in [3.8, 4) is 0 Å². The normalized spacial score (nSPS) is 16.1. The van der Waals surface area contributed by atoms with Crippen LogP contribution in [0.5, 0.6) is 0 Å². The number of hydrogen-bond acceptors (Lipinski definition) is 2. The molecule has 3 nitrogen and oxygen atoms in total. The first-order chi connectivity index (χ1) is 10.2. The first kappa shape index (κ1) is 15.1. The molecule has 0 bridgehead atoms. The van der Waals surface area contributed by atoms with Crippen molar-refractivity contribution in [3.63, 3.8) is 0 Å². The minimum Gasteiger partial charge on any atom is -0.376 e. The molecule has 1 aromatic heterocycles. The third-order valence-electron chi connectivity index (χ3n) is 3.96. The number of rotatable bonds is 5. The molecule has 0 aliphatic heterocycles. The van der Waals surface area contributed by atoms with Gasteiger partial charge in [-0.15, -0.1) is 11.6 Å². The van der Waals surface area contributed by atoms with E-state index in [0.717, 1.165) is 18.4 Å². The van der Waals surface area contributed by atoms with Crippen molar-refractivity contribution in [1.82, 2.24) is 9.55 Å². The van der Waals surface area contributed by atoms with E-state index in [9.17, 15) is 4.39 Å². The van der Waals surface area contributed by atoms with Gasteiger partial charge in [0.15, 0.2) is 0 Å². The molecular weight excluding hydrogens is 314 g/mol. The number of nitrogens with zero attached hydrogens (tertiary/aromatic N) is 2. The minimum absolute atomic E-state index is 0.0986. The van der Waals surface area contributed by atoms with Crippen molar-refractivity contribution in [2.24, 2.45) is 0 Å². The Kier molecular flexibility index (Phi) is 4.67. The average molecular weight is 331 g/mol. The average Bonchev–Trinajstić information content (AvgIpc) is 3.08. The van der Waals surface area contributed by atoms with Gasteiger partial charge in [0.2, 0.25) is 0 Å². The van der Waals surface area contributed by atoms with E-state index in [1.54, 1.807) is 6.07 Å². The molecule has 2 aromatic rings. The van der Waals surface area contributed by atoms with Crippen LogP contribution in [0.3, 0.4) is 0 Å². The predicted octanol–water partition coefficient (Wildman–Crippen LogP) is 4.53. The van der Waals surface area contributed by atoms with E-state index in [1.165, 1.54) is 18.9 Å². The van der Waals surface area contributed by atoms with Crippen molar-refractivity contribution in [3.05, 3.63) is 28.8 Å². The van der Waals surface area contributed by atoms with Crippen molar-refractivity contribution in [2.75, 3.05) is 6.61 Å². The quantitative estimate of drug-likeness (QED) is 0.753. The highest BCUT2D eigenvalue weighted by molar-refractivity contribution is 6.31. The number of benzene rings is 1. The Labute approximate surface area is 133 Å². The van der Waals surface area contributed by atoms with E-state index in [4.69, 9.17) is 27.9 Å². The molecule has 0 saturated heterocycles. The highest BCUT2D eigenvalue weighted by Gasteiger charge is 2.16. The highest BCUT2D eigenvalue weighted by Crippen LogP contribution is 2.25. The minimum atomic E-state index is -0.461. The molecular formula is C15H17Cl2FN2O. The van der Waals surface area contributed by atoms with Gasteiger partial charge in [0, 0.05) is 12.6 Å². The van der Waals surface area contributed by atoms with Crippen LogP contribution in [0.15, 0.2) is 12.1 Å². The number of hydrogen-bond donors (Lipinski definition) is 0. The van der Waals surface area contributed by atoms with Crippen LogP contribution in [0.1, 0.15) is 31.5 Å². The van der Waals surface area contributed by atoms with Crippen LogP contribution in [0.25, 0.3) is 11.0 Å². The van der Waals surface area contributed by atoms with Crippen LogP contribution >= 0.6 is 23.2 Å². The van der Waals surface area contributed by atoms with E-state index in [1.807, 2.05) is 4.57 Å². The van der Waals surface area contributed by atoms with Crippen molar-refractivity contribution < 1.29 is 9.13 Å². The fraction of sp³-hybridized carbons (Fsp3) is 0.533. The zero-order chi connectivity index (χ0) is 14.8. The number of halogens is 3. The second-order valence-corrected chi connectivity index (χ2v) is 6.02. The number of alkyl halides is 1. The molecule has 0 N–H and O–H groups in total. The Balaban J connectivity index is 1.80. The van der Waals surface area contributed by atoms with Gasteiger partial charge in [-0.3, -0.25) is 0 Å². The molecule has 21 heavy (non-hydrogen) atoms. The SMILES string of the molecule is Fc1cc2nc(CCl)n(CCOC3CCCC3)c2cc1Cl. The van der Waals surface area contributed by atoms with Crippen LogP contribution in [0.2, 0.25) is 5.02 Å². The fourth-order valence-corrected chi connectivity index (χ4v) is 3.25. The van der Waals surface area contributed by atoms with Crippen LogP contribution in [-0.4, -0.2) is 22.3 Å². The summed E-state index contributed by atoms with van der Waals surface area (Å²) < 4.78 is 21.4. The summed E-state index contributed by atoms with van der Waals surface area (Å²) in [5.74, 6) is 0.526. The van der Waals surface area contributed by atoms with E-state index in [0.29, 0.717) is 30.6 Å². The maximum atomic E-state index is 13.5. The van der Waals surface area contributed by atoms with Crippen molar-refractivity contribution in [2.45, 2.75) is 44.2 Å². The molecule has 1 heterocycles. The molecule has 1 fully saturated rings. The number of ether oxygens (including phenoxy) is 1. The Morgan fingerprint density at radius 1 is 1.33 bits per heavy atom. The number of fused-ring (bicyclic) bond motifs is 1. The molecule has 0 unspecified atom stereocenters. The fourth-order valence-electron chi connectivity index (χ4n) is 2.89. The van der Waals surface area contributed by atoms with Crippen molar-refractivity contribution >= 4 is 34.2 Å². The lowest BCUT2D eigenvalue weighted by Gasteiger charge is -2.13. The largest absolute Gasteiger partial charge is 0.376 e. The lowest BCUT2D eigenvalue weighted by Crippen LogP contribution is -2.14. The summed E-state index contributed by atoms with van der Waals surface area (Å²) in [7, 11) is 0. The Morgan fingerprint density at radius 3 is 2.81 bits per heavy atom. The van der Waals surface area contributed by atoms with Gasteiger partial charge in [-0.25, -0.2) is 9.37 Å². The van der Waals surface area contributed by atoms with Gasteiger partial charge < -0.3 is 9.30 Å². The topological polar surface area (TPSA) is 27.1 Å². The highest BCUT2D eigenvalue weighted by atomic mass is 35.5. The Morgan fingerprint density at radius 2 is 2.10 bits per heavy atom. The van der Waals surface area contributed by atoms with E-state index in [2.05, 4.69) is 4.98 Å². The van der Waals surface area contributed by atoms with Gasteiger partial charge in [-0.2, -0.15) is 0 Å². The first-order valence-electron chi connectivity index (χ1n) is 7.21. The van der Waals surface area contributed by atoms with Gasteiger partial charge in [0.05, 0.1) is 34.6 Å².